The van der Waals surface area contributed by atoms with Crippen LogP contribution in [0.5, 0.6) is 5.75 Å². The molecule has 1 aliphatic rings. The highest BCUT2D eigenvalue weighted by atomic mass is 16.5. The van der Waals surface area contributed by atoms with Crippen molar-refractivity contribution in [3.63, 3.8) is 0 Å². The van der Waals surface area contributed by atoms with Crippen molar-refractivity contribution in [2.75, 3.05) is 32.8 Å². The Kier molecular flexibility index (Phi) is 8.06. The number of nitrogens with one attached hydrogen (secondary N) is 2. The number of rotatable bonds is 10. The van der Waals surface area contributed by atoms with Gasteiger partial charge in [0.2, 0.25) is 0 Å². The van der Waals surface area contributed by atoms with Gasteiger partial charge < -0.3 is 20.3 Å². The van der Waals surface area contributed by atoms with Crippen molar-refractivity contribution in [2.24, 2.45) is 10.9 Å². The van der Waals surface area contributed by atoms with Gasteiger partial charge in [0.1, 0.15) is 12.4 Å². The molecule has 0 radical (unpaired) electrons. The van der Waals surface area contributed by atoms with E-state index in [1.807, 2.05) is 12.1 Å². The van der Waals surface area contributed by atoms with Gasteiger partial charge in [-0.1, -0.05) is 32.9 Å². The molecule has 0 heterocycles. The SMILES string of the molecule is CCNC(=NCc1ccc(OCCN(CC)CC)cc1)NC1CC1C. The Bertz CT molecular complexity index is 525. The van der Waals surface area contributed by atoms with Crippen molar-refractivity contribution in [1.29, 1.82) is 0 Å². The van der Waals surface area contributed by atoms with Crippen molar-refractivity contribution in [3.05, 3.63) is 29.8 Å². The van der Waals surface area contributed by atoms with Crippen LogP contribution in [0.15, 0.2) is 29.3 Å². The fourth-order valence-corrected chi connectivity index (χ4v) is 2.71. The summed E-state index contributed by atoms with van der Waals surface area (Å²) in [5.41, 5.74) is 1.19. The van der Waals surface area contributed by atoms with Crippen LogP contribution < -0.4 is 15.4 Å². The first-order chi connectivity index (χ1) is 12.2. The van der Waals surface area contributed by atoms with Crippen LogP contribution in [0.2, 0.25) is 0 Å². The summed E-state index contributed by atoms with van der Waals surface area (Å²) in [6.45, 7) is 14.1. The number of benzene rings is 1. The first kappa shape index (κ1) is 19.6. The molecule has 140 valence electrons. The summed E-state index contributed by atoms with van der Waals surface area (Å²) in [6, 6.07) is 8.85. The van der Waals surface area contributed by atoms with Gasteiger partial charge in [-0.3, -0.25) is 0 Å². The molecule has 0 amide bonds. The average Bonchev–Trinajstić information content (AvgIpc) is 3.32. The number of aliphatic imine (C=N–C) groups is 1. The lowest BCUT2D eigenvalue weighted by Crippen LogP contribution is -2.39. The summed E-state index contributed by atoms with van der Waals surface area (Å²) in [7, 11) is 0. The molecule has 1 fully saturated rings. The number of guanidine groups is 1. The molecule has 1 aromatic rings. The Labute approximate surface area is 152 Å². The Hall–Kier alpha value is -1.75. The molecule has 0 aromatic heterocycles. The van der Waals surface area contributed by atoms with E-state index in [0.29, 0.717) is 12.6 Å². The molecular weight excluding hydrogens is 312 g/mol. The molecule has 2 rings (SSSR count). The standard InChI is InChI=1S/C20H34N4O/c1-5-21-20(23-19-14-16(19)4)22-15-17-8-10-18(11-9-17)25-13-12-24(6-2)7-3/h8-11,16,19H,5-7,12-15H2,1-4H3,(H2,21,22,23). The van der Waals surface area contributed by atoms with Gasteiger partial charge in [0, 0.05) is 19.1 Å². The largest absolute Gasteiger partial charge is 0.492 e. The minimum Gasteiger partial charge on any atom is -0.492 e. The third kappa shape index (κ3) is 6.94. The number of likely N-dealkylation sites (N-methyl/N-ethyl adjacent to an activating group) is 1. The molecule has 5 heteroatoms. The van der Waals surface area contributed by atoms with Gasteiger partial charge in [-0.05, 0) is 50.0 Å². The van der Waals surface area contributed by atoms with E-state index in [1.165, 1.54) is 12.0 Å². The Morgan fingerprint density at radius 3 is 2.44 bits per heavy atom. The molecule has 0 spiro atoms. The third-order valence-corrected chi connectivity index (χ3v) is 4.69. The van der Waals surface area contributed by atoms with Gasteiger partial charge in [0.25, 0.3) is 0 Å². The number of ether oxygens (including phenoxy) is 1. The molecule has 2 N–H and O–H groups in total. The zero-order valence-electron chi connectivity index (χ0n) is 16.2. The molecule has 25 heavy (non-hydrogen) atoms. The lowest BCUT2D eigenvalue weighted by Gasteiger charge is -2.18. The number of nitrogens with zero attached hydrogens (tertiary/aromatic N) is 2. The second kappa shape index (κ2) is 10.3. The maximum atomic E-state index is 5.83. The summed E-state index contributed by atoms with van der Waals surface area (Å²) < 4.78 is 5.83. The minimum absolute atomic E-state index is 0.583. The highest BCUT2D eigenvalue weighted by Crippen LogP contribution is 2.28. The second-order valence-corrected chi connectivity index (χ2v) is 6.68. The molecule has 1 aromatic carbocycles. The summed E-state index contributed by atoms with van der Waals surface area (Å²) in [6.07, 6.45) is 1.24. The van der Waals surface area contributed by atoms with E-state index in [2.05, 4.69) is 60.4 Å². The monoisotopic (exact) mass is 346 g/mol. The van der Waals surface area contributed by atoms with E-state index in [0.717, 1.165) is 50.4 Å². The predicted molar refractivity (Wildman–Crippen MR) is 105 cm³/mol. The van der Waals surface area contributed by atoms with Crippen molar-refractivity contribution in [1.82, 2.24) is 15.5 Å². The highest BCUT2D eigenvalue weighted by Gasteiger charge is 2.33. The van der Waals surface area contributed by atoms with Crippen LogP contribution in [-0.4, -0.2) is 49.7 Å². The molecular formula is C20H34N4O. The Morgan fingerprint density at radius 2 is 1.88 bits per heavy atom. The molecule has 1 saturated carbocycles. The van der Waals surface area contributed by atoms with E-state index in [4.69, 9.17) is 4.74 Å². The highest BCUT2D eigenvalue weighted by molar-refractivity contribution is 5.80. The molecule has 2 unspecified atom stereocenters. The molecule has 0 aliphatic heterocycles. The van der Waals surface area contributed by atoms with Crippen molar-refractivity contribution in [3.8, 4) is 5.75 Å². The summed E-state index contributed by atoms with van der Waals surface area (Å²) in [5.74, 6) is 2.60. The van der Waals surface area contributed by atoms with Gasteiger partial charge in [0.05, 0.1) is 6.54 Å². The van der Waals surface area contributed by atoms with Crippen LogP contribution >= 0.6 is 0 Å². The Balaban J connectivity index is 1.79. The van der Waals surface area contributed by atoms with E-state index in [-0.39, 0.29) is 0 Å². The molecule has 0 bridgehead atoms. The van der Waals surface area contributed by atoms with E-state index >= 15 is 0 Å². The van der Waals surface area contributed by atoms with Crippen LogP contribution in [0.3, 0.4) is 0 Å². The van der Waals surface area contributed by atoms with Crippen LogP contribution in [-0.2, 0) is 6.54 Å². The summed E-state index contributed by atoms with van der Waals surface area (Å²) >= 11 is 0. The quantitative estimate of drug-likeness (QED) is 0.505. The van der Waals surface area contributed by atoms with Crippen LogP contribution in [0.4, 0.5) is 0 Å². The summed E-state index contributed by atoms with van der Waals surface area (Å²) in [5, 5.41) is 6.80. The zero-order valence-corrected chi connectivity index (χ0v) is 16.2. The van der Waals surface area contributed by atoms with Crippen molar-refractivity contribution in [2.45, 2.75) is 46.7 Å². The number of hydrogen-bond acceptors (Lipinski definition) is 3. The van der Waals surface area contributed by atoms with Crippen molar-refractivity contribution < 1.29 is 4.74 Å². The van der Waals surface area contributed by atoms with E-state index in [1.54, 1.807) is 0 Å². The van der Waals surface area contributed by atoms with Gasteiger partial charge in [0.15, 0.2) is 5.96 Å². The smallest absolute Gasteiger partial charge is 0.191 e. The predicted octanol–water partition coefficient (Wildman–Crippen LogP) is 2.87. The maximum Gasteiger partial charge on any atom is 0.191 e. The lowest BCUT2D eigenvalue weighted by atomic mass is 10.2. The van der Waals surface area contributed by atoms with E-state index < -0.39 is 0 Å². The maximum absolute atomic E-state index is 5.83. The van der Waals surface area contributed by atoms with Crippen molar-refractivity contribution >= 4 is 5.96 Å². The molecule has 0 saturated heterocycles. The van der Waals surface area contributed by atoms with Gasteiger partial charge in [-0.25, -0.2) is 4.99 Å². The van der Waals surface area contributed by atoms with Crippen LogP contribution in [0, 0.1) is 5.92 Å². The topological polar surface area (TPSA) is 48.9 Å². The van der Waals surface area contributed by atoms with Gasteiger partial charge in [-0.2, -0.15) is 0 Å². The van der Waals surface area contributed by atoms with E-state index in [9.17, 15) is 0 Å². The molecule has 1 aliphatic carbocycles. The third-order valence-electron chi connectivity index (χ3n) is 4.69. The molecule has 2 atom stereocenters. The number of hydrogen-bond donors (Lipinski definition) is 2. The zero-order chi connectivity index (χ0) is 18.1. The normalized spacial score (nSPS) is 19.8. The molecule has 5 nitrogen and oxygen atoms in total. The van der Waals surface area contributed by atoms with Crippen LogP contribution in [0.1, 0.15) is 39.7 Å². The summed E-state index contributed by atoms with van der Waals surface area (Å²) in [4.78, 5) is 7.04. The van der Waals surface area contributed by atoms with Gasteiger partial charge in [-0.15, -0.1) is 0 Å². The lowest BCUT2D eigenvalue weighted by molar-refractivity contribution is 0.223. The Morgan fingerprint density at radius 1 is 1.20 bits per heavy atom. The second-order valence-electron chi connectivity index (χ2n) is 6.68. The fourth-order valence-electron chi connectivity index (χ4n) is 2.71. The minimum atomic E-state index is 0.583. The first-order valence-electron chi connectivity index (χ1n) is 9.65. The van der Waals surface area contributed by atoms with Gasteiger partial charge >= 0.3 is 0 Å². The average molecular weight is 347 g/mol. The fraction of sp³-hybridized carbons (Fsp3) is 0.650. The first-order valence-corrected chi connectivity index (χ1v) is 9.65. The van der Waals surface area contributed by atoms with Crippen LogP contribution in [0.25, 0.3) is 0 Å².